The zero-order chi connectivity index (χ0) is 14.7. The molecule has 0 fully saturated rings. The second kappa shape index (κ2) is 6.05. The Hall–Kier alpha value is -1.88. The molecule has 0 aliphatic carbocycles. The number of hydrogen-bond donors (Lipinski definition) is 2. The molecule has 5 heteroatoms. The summed E-state index contributed by atoms with van der Waals surface area (Å²) < 4.78 is 1.96. The molecular weight excluding hydrogens is 254 g/mol. The van der Waals surface area contributed by atoms with Gasteiger partial charge in [-0.25, -0.2) is 4.98 Å². The van der Waals surface area contributed by atoms with Gasteiger partial charge >= 0.3 is 0 Å². The van der Waals surface area contributed by atoms with Crippen molar-refractivity contribution in [3.63, 3.8) is 0 Å². The summed E-state index contributed by atoms with van der Waals surface area (Å²) in [6.45, 7) is 5.91. The predicted molar refractivity (Wildman–Crippen MR) is 77.7 cm³/mol. The average Bonchev–Trinajstić information content (AvgIpc) is 2.77. The van der Waals surface area contributed by atoms with Gasteiger partial charge in [0.1, 0.15) is 5.82 Å². The summed E-state index contributed by atoms with van der Waals surface area (Å²) in [7, 11) is 0. The van der Waals surface area contributed by atoms with Crippen LogP contribution in [0.5, 0.6) is 0 Å². The summed E-state index contributed by atoms with van der Waals surface area (Å²) in [5.74, 6) is 1.11. The van der Waals surface area contributed by atoms with Crippen molar-refractivity contribution in [1.29, 1.82) is 0 Å². The summed E-state index contributed by atoms with van der Waals surface area (Å²) in [6, 6.07) is 5.42. The Bertz CT molecular complexity index is 604. The van der Waals surface area contributed by atoms with Crippen molar-refractivity contribution in [2.24, 2.45) is 5.92 Å². The number of aliphatic hydroxyl groups is 1. The molecule has 2 aromatic rings. The minimum absolute atomic E-state index is 0.0869. The lowest BCUT2D eigenvalue weighted by Gasteiger charge is -2.09. The SMILES string of the molecule is CC(C)Cc1nc(C(=O)NC(C)CO)c2ccccn12. The quantitative estimate of drug-likeness (QED) is 0.872. The van der Waals surface area contributed by atoms with Gasteiger partial charge in [0.05, 0.1) is 12.1 Å². The third-order valence-corrected chi connectivity index (χ3v) is 3.08. The van der Waals surface area contributed by atoms with E-state index in [1.807, 2.05) is 28.8 Å². The number of nitrogens with zero attached hydrogens (tertiary/aromatic N) is 2. The van der Waals surface area contributed by atoms with Gasteiger partial charge < -0.3 is 14.8 Å². The van der Waals surface area contributed by atoms with Gasteiger partial charge in [-0.1, -0.05) is 19.9 Å². The third-order valence-electron chi connectivity index (χ3n) is 3.08. The van der Waals surface area contributed by atoms with Crippen LogP contribution in [0.4, 0.5) is 0 Å². The Labute approximate surface area is 118 Å². The Kier molecular flexibility index (Phi) is 4.39. The molecule has 108 valence electrons. The van der Waals surface area contributed by atoms with Crippen LogP contribution in [0.3, 0.4) is 0 Å². The van der Waals surface area contributed by atoms with Crippen molar-refractivity contribution in [3.05, 3.63) is 35.9 Å². The molecule has 2 heterocycles. The first kappa shape index (κ1) is 14.5. The molecule has 1 amide bonds. The van der Waals surface area contributed by atoms with E-state index in [0.717, 1.165) is 17.8 Å². The zero-order valence-electron chi connectivity index (χ0n) is 12.1. The molecule has 0 bridgehead atoms. The second-order valence-corrected chi connectivity index (χ2v) is 5.49. The molecule has 0 saturated heterocycles. The molecular formula is C15H21N3O2. The van der Waals surface area contributed by atoms with Gasteiger partial charge in [-0.2, -0.15) is 0 Å². The molecule has 2 N–H and O–H groups in total. The highest BCUT2D eigenvalue weighted by atomic mass is 16.3. The van der Waals surface area contributed by atoms with Crippen LogP contribution >= 0.6 is 0 Å². The Morgan fingerprint density at radius 1 is 1.40 bits per heavy atom. The van der Waals surface area contributed by atoms with E-state index in [2.05, 4.69) is 24.1 Å². The minimum Gasteiger partial charge on any atom is -0.394 e. The molecule has 0 aliphatic heterocycles. The number of carbonyl (C=O) groups excluding carboxylic acids is 1. The molecule has 0 aliphatic rings. The van der Waals surface area contributed by atoms with Gasteiger partial charge in [0.15, 0.2) is 5.69 Å². The van der Waals surface area contributed by atoms with Crippen LogP contribution in [0.25, 0.3) is 5.52 Å². The smallest absolute Gasteiger partial charge is 0.272 e. The summed E-state index contributed by atoms with van der Waals surface area (Å²) in [6.07, 6.45) is 2.74. The Morgan fingerprint density at radius 2 is 2.15 bits per heavy atom. The second-order valence-electron chi connectivity index (χ2n) is 5.49. The van der Waals surface area contributed by atoms with Gasteiger partial charge in [0, 0.05) is 18.7 Å². The van der Waals surface area contributed by atoms with Crippen LogP contribution in [-0.4, -0.2) is 33.0 Å². The van der Waals surface area contributed by atoms with Crippen LogP contribution < -0.4 is 5.32 Å². The Balaban J connectivity index is 2.40. The lowest BCUT2D eigenvalue weighted by Crippen LogP contribution is -2.35. The minimum atomic E-state index is -0.281. The zero-order valence-corrected chi connectivity index (χ0v) is 12.1. The van der Waals surface area contributed by atoms with Gasteiger partial charge in [-0.05, 0) is 25.0 Å². The van der Waals surface area contributed by atoms with Crippen molar-refractivity contribution in [2.75, 3.05) is 6.61 Å². The number of amides is 1. The van der Waals surface area contributed by atoms with E-state index in [1.54, 1.807) is 6.92 Å². The van der Waals surface area contributed by atoms with Gasteiger partial charge in [0.25, 0.3) is 5.91 Å². The first-order chi connectivity index (χ1) is 9.52. The summed E-state index contributed by atoms with van der Waals surface area (Å²) in [4.78, 5) is 16.7. The molecule has 1 atom stereocenters. The van der Waals surface area contributed by atoms with Crippen LogP contribution in [-0.2, 0) is 6.42 Å². The van der Waals surface area contributed by atoms with Crippen LogP contribution in [0.15, 0.2) is 24.4 Å². The maximum Gasteiger partial charge on any atom is 0.272 e. The molecule has 0 saturated carbocycles. The van der Waals surface area contributed by atoms with E-state index < -0.39 is 0 Å². The number of hydrogen-bond acceptors (Lipinski definition) is 3. The number of nitrogens with one attached hydrogen (secondary N) is 1. The van der Waals surface area contributed by atoms with E-state index in [-0.39, 0.29) is 18.6 Å². The van der Waals surface area contributed by atoms with E-state index in [0.29, 0.717) is 11.6 Å². The van der Waals surface area contributed by atoms with Crippen molar-refractivity contribution >= 4 is 11.4 Å². The normalized spacial score (nSPS) is 12.8. The number of pyridine rings is 1. The van der Waals surface area contributed by atoms with Gasteiger partial charge in [-0.15, -0.1) is 0 Å². The fourth-order valence-corrected chi connectivity index (χ4v) is 2.12. The first-order valence-corrected chi connectivity index (χ1v) is 6.90. The molecule has 0 aromatic carbocycles. The number of rotatable bonds is 5. The molecule has 20 heavy (non-hydrogen) atoms. The van der Waals surface area contributed by atoms with E-state index in [9.17, 15) is 4.79 Å². The number of aliphatic hydroxyl groups excluding tert-OH is 1. The van der Waals surface area contributed by atoms with Crippen LogP contribution in [0.1, 0.15) is 37.1 Å². The fourth-order valence-electron chi connectivity index (χ4n) is 2.12. The summed E-state index contributed by atoms with van der Waals surface area (Å²) in [5, 5.41) is 11.8. The van der Waals surface area contributed by atoms with E-state index in [1.165, 1.54) is 0 Å². The highest BCUT2D eigenvalue weighted by Gasteiger charge is 2.18. The van der Waals surface area contributed by atoms with Gasteiger partial charge in [-0.3, -0.25) is 4.79 Å². The first-order valence-electron chi connectivity index (χ1n) is 6.90. The number of fused-ring (bicyclic) bond motifs is 1. The third kappa shape index (κ3) is 2.99. The Morgan fingerprint density at radius 3 is 2.80 bits per heavy atom. The highest BCUT2D eigenvalue weighted by Crippen LogP contribution is 2.16. The predicted octanol–water partition coefficient (Wildman–Crippen LogP) is 1.64. The number of imidazole rings is 1. The van der Waals surface area contributed by atoms with E-state index in [4.69, 9.17) is 5.11 Å². The average molecular weight is 275 g/mol. The lowest BCUT2D eigenvalue weighted by molar-refractivity contribution is 0.0919. The van der Waals surface area contributed by atoms with Crippen LogP contribution in [0.2, 0.25) is 0 Å². The molecule has 2 aromatic heterocycles. The topological polar surface area (TPSA) is 66.6 Å². The highest BCUT2D eigenvalue weighted by molar-refractivity contribution is 5.99. The van der Waals surface area contributed by atoms with Crippen molar-refractivity contribution < 1.29 is 9.90 Å². The monoisotopic (exact) mass is 275 g/mol. The van der Waals surface area contributed by atoms with Gasteiger partial charge in [0.2, 0.25) is 0 Å². The van der Waals surface area contributed by atoms with Crippen LogP contribution in [0, 0.1) is 5.92 Å². The number of carbonyl (C=O) groups is 1. The molecule has 1 unspecified atom stereocenters. The van der Waals surface area contributed by atoms with E-state index >= 15 is 0 Å². The standard InChI is InChI=1S/C15H21N3O2/c1-10(2)8-13-17-14(15(20)16-11(3)9-19)12-6-4-5-7-18(12)13/h4-7,10-11,19H,8-9H2,1-3H3,(H,16,20). The van der Waals surface area contributed by atoms with Crippen molar-refractivity contribution in [1.82, 2.24) is 14.7 Å². The molecule has 0 radical (unpaired) electrons. The largest absolute Gasteiger partial charge is 0.394 e. The summed E-state index contributed by atoms with van der Waals surface area (Å²) in [5.41, 5.74) is 1.22. The molecule has 5 nitrogen and oxygen atoms in total. The molecule has 2 rings (SSSR count). The van der Waals surface area contributed by atoms with Crippen molar-refractivity contribution in [3.8, 4) is 0 Å². The fraction of sp³-hybridized carbons (Fsp3) is 0.467. The summed E-state index contributed by atoms with van der Waals surface area (Å²) >= 11 is 0. The number of aromatic nitrogens is 2. The van der Waals surface area contributed by atoms with Crippen molar-refractivity contribution in [2.45, 2.75) is 33.2 Å². The lowest BCUT2D eigenvalue weighted by atomic mass is 10.1. The molecule has 0 spiro atoms. The maximum absolute atomic E-state index is 12.2. The maximum atomic E-state index is 12.2.